The van der Waals surface area contributed by atoms with Gasteiger partial charge in [0.15, 0.2) is 0 Å². The van der Waals surface area contributed by atoms with Crippen LogP contribution in [0.4, 0.5) is 4.39 Å². The molecule has 1 heterocycles. The Morgan fingerprint density at radius 1 is 1.10 bits per heavy atom. The highest BCUT2D eigenvalue weighted by Crippen LogP contribution is 2.27. The van der Waals surface area contributed by atoms with Gasteiger partial charge in [0.2, 0.25) is 10.0 Å². The lowest BCUT2D eigenvalue weighted by atomic mass is 10.0. The summed E-state index contributed by atoms with van der Waals surface area (Å²) in [4.78, 5) is 23.7. The first-order valence-corrected chi connectivity index (χ1v) is 11.5. The molecule has 1 unspecified atom stereocenters. The maximum absolute atomic E-state index is 13.1. The van der Waals surface area contributed by atoms with E-state index in [0.717, 1.165) is 31.4 Å². The van der Waals surface area contributed by atoms with Crippen LogP contribution < -0.4 is 10.6 Å². The van der Waals surface area contributed by atoms with E-state index in [2.05, 4.69) is 10.6 Å². The van der Waals surface area contributed by atoms with Gasteiger partial charge in [-0.15, -0.1) is 0 Å². The SMILES string of the molecule is CC(C)CCNC(=O)C(=O)NCCC1CCCCN1S(=O)(=O)c1ccc(F)cc1. The van der Waals surface area contributed by atoms with E-state index in [4.69, 9.17) is 0 Å². The molecule has 1 fully saturated rings. The molecule has 1 saturated heterocycles. The highest BCUT2D eigenvalue weighted by molar-refractivity contribution is 7.89. The normalized spacial score (nSPS) is 17.9. The van der Waals surface area contributed by atoms with Crippen molar-refractivity contribution in [2.75, 3.05) is 19.6 Å². The summed E-state index contributed by atoms with van der Waals surface area (Å²) in [5.74, 6) is -1.45. The molecule has 1 atom stereocenters. The number of piperidine rings is 1. The topological polar surface area (TPSA) is 95.6 Å². The molecule has 0 saturated carbocycles. The number of benzene rings is 1. The average Bonchev–Trinajstić information content (AvgIpc) is 2.68. The van der Waals surface area contributed by atoms with E-state index < -0.39 is 27.7 Å². The van der Waals surface area contributed by atoms with Crippen molar-refractivity contribution in [3.05, 3.63) is 30.1 Å². The summed E-state index contributed by atoms with van der Waals surface area (Å²) in [6, 6.07) is 4.51. The van der Waals surface area contributed by atoms with Crippen LogP contribution in [0.3, 0.4) is 0 Å². The summed E-state index contributed by atoms with van der Waals surface area (Å²) in [6.45, 7) is 5.09. The summed E-state index contributed by atoms with van der Waals surface area (Å²) in [7, 11) is -3.74. The molecule has 2 N–H and O–H groups in total. The highest BCUT2D eigenvalue weighted by Gasteiger charge is 2.33. The van der Waals surface area contributed by atoms with Gasteiger partial charge in [0.25, 0.3) is 0 Å². The Labute approximate surface area is 172 Å². The fraction of sp³-hybridized carbons (Fsp3) is 0.600. The smallest absolute Gasteiger partial charge is 0.309 e. The third-order valence-electron chi connectivity index (χ3n) is 4.97. The Balaban J connectivity index is 1.90. The first-order valence-electron chi connectivity index (χ1n) is 10.0. The Hall–Kier alpha value is -2.00. The maximum Gasteiger partial charge on any atom is 0.309 e. The summed E-state index contributed by atoms with van der Waals surface area (Å²) < 4.78 is 40.4. The fourth-order valence-electron chi connectivity index (χ4n) is 3.31. The van der Waals surface area contributed by atoms with E-state index in [1.165, 1.54) is 16.4 Å². The van der Waals surface area contributed by atoms with Gasteiger partial charge >= 0.3 is 11.8 Å². The van der Waals surface area contributed by atoms with Crippen LogP contribution in [-0.4, -0.2) is 50.2 Å². The molecular weight excluding hydrogens is 397 g/mol. The van der Waals surface area contributed by atoms with Gasteiger partial charge in [0, 0.05) is 25.7 Å². The van der Waals surface area contributed by atoms with Crippen molar-refractivity contribution in [2.24, 2.45) is 5.92 Å². The minimum atomic E-state index is -3.74. The molecule has 9 heteroatoms. The lowest BCUT2D eigenvalue weighted by molar-refractivity contribution is -0.139. The molecule has 0 bridgehead atoms. The number of carbonyl (C=O) groups is 2. The number of hydrogen-bond acceptors (Lipinski definition) is 4. The lowest BCUT2D eigenvalue weighted by Gasteiger charge is -2.34. The van der Waals surface area contributed by atoms with Crippen LogP contribution in [0.1, 0.15) is 46.0 Å². The minimum Gasteiger partial charge on any atom is -0.348 e. The van der Waals surface area contributed by atoms with Crippen molar-refractivity contribution < 1.29 is 22.4 Å². The van der Waals surface area contributed by atoms with Gasteiger partial charge in [0.1, 0.15) is 5.82 Å². The molecule has 0 aromatic heterocycles. The van der Waals surface area contributed by atoms with Gasteiger partial charge in [-0.05, 0) is 55.9 Å². The molecule has 2 rings (SSSR count). The molecule has 29 heavy (non-hydrogen) atoms. The van der Waals surface area contributed by atoms with E-state index in [1.807, 2.05) is 13.8 Å². The zero-order valence-electron chi connectivity index (χ0n) is 17.0. The van der Waals surface area contributed by atoms with Crippen molar-refractivity contribution in [2.45, 2.75) is 56.9 Å². The Morgan fingerprint density at radius 3 is 2.34 bits per heavy atom. The third kappa shape index (κ3) is 6.78. The van der Waals surface area contributed by atoms with Crippen molar-refractivity contribution >= 4 is 21.8 Å². The number of carbonyl (C=O) groups excluding carboxylic acids is 2. The van der Waals surface area contributed by atoms with Crippen molar-refractivity contribution in [1.29, 1.82) is 0 Å². The lowest BCUT2D eigenvalue weighted by Crippen LogP contribution is -2.46. The van der Waals surface area contributed by atoms with Crippen LogP contribution in [0.2, 0.25) is 0 Å². The quantitative estimate of drug-likeness (QED) is 0.621. The molecule has 1 aliphatic rings. The average molecular weight is 428 g/mol. The number of nitrogens with one attached hydrogen (secondary N) is 2. The number of rotatable bonds is 8. The van der Waals surface area contributed by atoms with Crippen LogP contribution in [-0.2, 0) is 19.6 Å². The van der Waals surface area contributed by atoms with Crippen molar-refractivity contribution in [1.82, 2.24) is 14.9 Å². The molecule has 7 nitrogen and oxygen atoms in total. The van der Waals surface area contributed by atoms with E-state index in [0.29, 0.717) is 31.8 Å². The van der Waals surface area contributed by atoms with Gasteiger partial charge in [-0.2, -0.15) is 4.31 Å². The zero-order chi connectivity index (χ0) is 21.4. The van der Waals surface area contributed by atoms with Crippen molar-refractivity contribution in [3.8, 4) is 0 Å². The Morgan fingerprint density at radius 2 is 1.72 bits per heavy atom. The first-order chi connectivity index (χ1) is 13.7. The van der Waals surface area contributed by atoms with Gasteiger partial charge in [-0.25, -0.2) is 12.8 Å². The summed E-state index contributed by atoms with van der Waals surface area (Å²) >= 11 is 0. The Kier molecular flexibility index (Phi) is 8.58. The molecule has 2 amide bonds. The summed E-state index contributed by atoms with van der Waals surface area (Å²) in [5, 5.41) is 5.14. The van der Waals surface area contributed by atoms with Crippen LogP contribution in [0.25, 0.3) is 0 Å². The van der Waals surface area contributed by atoms with E-state index in [9.17, 15) is 22.4 Å². The van der Waals surface area contributed by atoms with Crippen LogP contribution in [0.5, 0.6) is 0 Å². The van der Waals surface area contributed by atoms with E-state index >= 15 is 0 Å². The van der Waals surface area contributed by atoms with Gasteiger partial charge in [0.05, 0.1) is 4.90 Å². The molecule has 0 radical (unpaired) electrons. The van der Waals surface area contributed by atoms with E-state index in [-0.39, 0.29) is 17.5 Å². The van der Waals surface area contributed by atoms with Crippen LogP contribution >= 0.6 is 0 Å². The standard InChI is InChI=1S/C20H30FN3O4S/c1-15(2)10-12-22-19(25)20(26)23-13-11-17-5-3-4-14-24(17)29(27,28)18-8-6-16(21)7-9-18/h6-9,15,17H,3-5,10-14H2,1-2H3,(H,22,25)(H,23,26). The molecular formula is C20H30FN3O4S. The predicted octanol–water partition coefficient (Wildman–Crippen LogP) is 2.04. The van der Waals surface area contributed by atoms with Gasteiger partial charge in [-0.1, -0.05) is 20.3 Å². The zero-order valence-corrected chi connectivity index (χ0v) is 17.8. The molecule has 0 aliphatic carbocycles. The van der Waals surface area contributed by atoms with Crippen LogP contribution in [0, 0.1) is 11.7 Å². The second-order valence-electron chi connectivity index (χ2n) is 7.70. The number of halogens is 1. The minimum absolute atomic E-state index is 0.0550. The maximum atomic E-state index is 13.1. The number of sulfonamides is 1. The number of amides is 2. The highest BCUT2D eigenvalue weighted by atomic mass is 32.2. The number of nitrogens with zero attached hydrogens (tertiary/aromatic N) is 1. The molecule has 1 aliphatic heterocycles. The van der Waals surface area contributed by atoms with E-state index in [1.54, 1.807) is 0 Å². The van der Waals surface area contributed by atoms with Crippen LogP contribution in [0.15, 0.2) is 29.2 Å². The summed E-state index contributed by atoms with van der Waals surface area (Å²) in [5.41, 5.74) is 0. The fourth-order valence-corrected chi connectivity index (χ4v) is 5.03. The molecule has 0 spiro atoms. The van der Waals surface area contributed by atoms with Crippen molar-refractivity contribution in [3.63, 3.8) is 0 Å². The second-order valence-corrected chi connectivity index (χ2v) is 9.59. The molecule has 1 aromatic rings. The summed E-state index contributed by atoms with van der Waals surface area (Å²) in [6.07, 6.45) is 3.52. The van der Waals surface area contributed by atoms with Gasteiger partial charge in [-0.3, -0.25) is 9.59 Å². The Bertz CT molecular complexity index is 796. The van der Waals surface area contributed by atoms with Gasteiger partial charge < -0.3 is 10.6 Å². The third-order valence-corrected chi connectivity index (χ3v) is 6.94. The first kappa shape index (κ1) is 23.3. The monoisotopic (exact) mass is 427 g/mol. The predicted molar refractivity (Wildman–Crippen MR) is 108 cm³/mol. The number of hydrogen-bond donors (Lipinski definition) is 2. The largest absolute Gasteiger partial charge is 0.348 e. The second kappa shape index (κ2) is 10.7. The molecule has 162 valence electrons. The molecule has 1 aromatic carbocycles.